The lowest BCUT2D eigenvalue weighted by molar-refractivity contribution is -0.120. The van der Waals surface area contributed by atoms with Crippen molar-refractivity contribution in [2.75, 3.05) is 18.0 Å². The smallest absolute Gasteiger partial charge is 0.239 e. The summed E-state index contributed by atoms with van der Waals surface area (Å²) in [5.74, 6) is 0.507. The largest absolute Gasteiger partial charge is 0.352 e. The molecule has 1 N–H and O–H groups in total. The molecule has 1 heterocycles. The first-order valence-corrected chi connectivity index (χ1v) is 6.39. The zero-order valence-corrected chi connectivity index (χ0v) is 11.9. The summed E-state index contributed by atoms with van der Waals surface area (Å²) in [7, 11) is 0. The Bertz CT molecular complexity index is 491. The summed E-state index contributed by atoms with van der Waals surface area (Å²) in [6.45, 7) is 8.47. The number of carbonyl (C=O) groups is 1. The molecule has 1 aromatic heterocycles. The van der Waals surface area contributed by atoms with Gasteiger partial charge in [-0.25, -0.2) is 4.98 Å². The lowest BCUT2D eigenvalue weighted by Gasteiger charge is -2.23. The van der Waals surface area contributed by atoms with Crippen LogP contribution >= 0.6 is 0 Å². The molecule has 1 amide bonds. The summed E-state index contributed by atoms with van der Waals surface area (Å²) < 4.78 is 0. The predicted octanol–water partition coefficient (Wildman–Crippen LogP) is 1.61. The predicted molar refractivity (Wildman–Crippen MR) is 74.9 cm³/mol. The Hall–Kier alpha value is -2.09. The van der Waals surface area contributed by atoms with Gasteiger partial charge in [0.2, 0.25) is 5.91 Å². The number of anilines is 1. The standard InChI is InChI=1S/C14H20N4O/c1-5-18(9-13(19)17-10(2)3)14-12(8-15)11(4)6-7-16-14/h6-7,10H,5,9H2,1-4H3,(H,17,19). The number of rotatable bonds is 5. The highest BCUT2D eigenvalue weighted by Gasteiger charge is 2.16. The molecule has 5 nitrogen and oxygen atoms in total. The van der Waals surface area contributed by atoms with E-state index in [0.717, 1.165) is 5.56 Å². The minimum atomic E-state index is -0.0657. The first-order valence-electron chi connectivity index (χ1n) is 6.39. The van der Waals surface area contributed by atoms with Crippen LogP contribution in [0.4, 0.5) is 5.82 Å². The molecular formula is C14H20N4O. The summed E-state index contributed by atoms with van der Waals surface area (Å²) in [6.07, 6.45) is 1.66. The van der Waals surface area contributed by atoms with E-state index in [2.05, 4.69) is 16.4 Å². The van der Waals surface area contributed by atoms with E-state index in [4.69, 9.17) is 0 Å². The highest BCUT2D eigenvalue weighted by Crippen LogP contribution is 2.19. The average Bonchev–Trinajstić information content (AvgIpc) is 2.34. The summed E-state index contributed by atoms with van der Waals surface area (Å²) in [5.41, 5.74) is 1.40. The van der Waals surface area contributed by atoms with E-state index >= 15 is 0 Å². The normalized spacial score (nSPS) is 10.1. The second-order valence-corrected chi connectivity index (χ2v) is 4.67. The molecule has 102 valence electrons. The van der Waals surface area contributed by atoms with E-state index in [1.54, 1.807) is 12.3 Å². The molecule has 0 aliphatic carbocycles. The highest BCUT2D eigenvalue weighted by molar-refractivity contribution is 5.81. The molecule has 0 saturated carbocycles. The molecule has 19 heavy (non-hydrogen) atoms. The molecule has 1 aromatic rings. The lowest BCUT2D eigenvalue weighted by Crippen LogP contribution is -2.40. The second kappa shape index (κ2) is 6.74. The quantitative estimate of drug-likeness (QED) is 0.873. The fourth-order valence-electron chi connectivity index (χ4n) is 1.80. The number of hydrogen-bond acceptors (Lipinski definition) is 4. The Morgan fingerprint density at radius 2 is 2.26 bits per heavy atom. The Morgan fingerprint density at radius 1 is 1.58 bits per heavy atom. The monoisotopic (exact) mass is 260 g/mol. The Balaban J connectivity index is 2.95. The van der Waals surface area contributed by atoms with Crippen molar-refractivity contribution >= 4 is 11.7 Å². The maximum absolute atomic E-state index is 11.8. The van der Waals surface area contributed by atoms with Crippen molar-refractivity contribution < 1.29 is 4.79 Å². The lowest BCUT2D eigenvalue weighted by atomic mass is 10.1. The summed E-state index contributed by atoms with van der Waals surface area (Å²) in [6, 6.07) is 4.06. The molecule has 0 radical (unpaired) electrons. The van der Waals surface area contributed by atoms with Gasteiger partial charge in [0.05, 0.1) is 12.1 Å². The van der Waals surface area contributed by atoms with E-state index in [1.165, 1.54) is 0 Å². The van der Waals surface area contributed by atoms with E-state index < -0.39 is 0 Å². The number of aromatic nitrogens is 1. The van der Waals surface area contributed by atoms with Gasteiger partial charge in [-0.2, -0.15) is 5.26 Å². The number of nitrogens with one attached hydrogen (secondary N) is 1. The van der Waals surface area contributed by atoms with Gasteiger partial charge in [0.15, 0.2) is 0 Å². The zero-order valence-electron chi connectivity index (χ0n) is 11.9. The SMILES string of the molecule is CCN(CC(=O)NC(C)C)c1nccc(C)c1C#N. The zero-order chi connectivity index (χ0) is 14.4. The van der Waals surface area contributed by atoms with Gasteiger partial charge in [-0.15, -0.1) is 0 Å². The van der Waals surface area contributed by atoms with Gasteiger partial charge in [-0.3, -0.25) is 4.79 Å². The third kappa shape index (κ3) is 3.95. The van der Waals surface area contributed by atoms with Gasteiger partial charge in [0.1, 0.15) is 11.9 Å². The minimum Gasteiger partial charge on any atom is -0.352 e. The number of nitriles is 1. The van der Waals surface area contributed by atoms with Gasteiger partial charge >= 0.3 is 0 Å². The summed E-state index contributed by atoms with van der Waals surface area (Å²) in [5, 5.41) is 12.0. The topological polar surface area (TPSA) is 69.0 Å². The molecule has 0 spiro atoms. The van der Waals surface area contributed by atoms with Crippen LogP contribution in [0, 0.1) is 18.3 Å². The Kier molecular flexibility index (Phi) is 5.31. The van der Waals surface area contributed by atoms with Crippen molar-refractivity contribution in [1.82, 2.24) is 10.3 Å². The van der Waals surface area contributed by atoms with Crippen LogP contribution in [0.25, 0.3) is 0 Å². The fourth-order valence-corrected chi connectivity index (χ4v) is 1.80. The number of amides is 1. The van der Waals surface area contributed by atoms with Crippen LogP contribution in [0.15, 0.2) is 12.3 Å². The van der Waals surface area contributed by atoms with Crippen molar-refractivity contribution in [3.05, 3.63) is 23.4 Å². The van der Waals surface area contributed by atoms with Crippen molar-refractivity contribution in [3.63, 3.8) is 0 Å². The third-order valence-electron chi connectivity index (χ3n) is 2.72. The maximum atomic E-state index is 11.8. The Labute approximate surface area is 114 Å². The van der Waals surface area contributed by atoms with Crippen molar-refractivity contribution in [1.29, 1.82) is 5.26 Å². The molecule has 5 heteroatoms. The van der Waals surface area contributed by atoms with Crippen LogP contribution in [-0.2, 0) is 4.79 Å². The van der Waals surface area contributed by atoms with Crippen molar-refractivity contribution in [3.8, 4) is 6.07 Å². The van der Waals surface area contributed by atoms with Gasteiger partial charge in [0.25, 0.3) is 0 Å². The molecule has 0 unspecified atom stereocenters. The molecule has 0 bridgehead atoms. The number of aryl methyl sites for hydroxylation is 1. The van der Waals surface area contributed by atoms with Crippen LogP contribution in [0.5, 0.6) is 0 Å². The Morgan fingerprint density at radius 3 is 2.79 bits per heavy atom. The van der Waals surface area contributed by atoms with Crippen molar-refractivity contribution in [2.45, 2.75) is 33.7 Å². The molecular weight excluding hydrogens is 240 g/mol. The third-order valence-corrected chi connectivity index (χ3v) is 2.72. The minimum absolute atomic E-state index is 0.0657. The van der Waals surface area contributed by atoms with Gasteiger partial charge in [0, 0.05) is 18.8 Å². The average molecular weight is 260 g/mol. The number of nitrogens with zero attached hydrogens (tertiary/aromatic N) is 3. The first kappa shape index (κ1) is 15.0. The van der Waals surface area contributed by atoms with E-state index in [0.29, 0.717) is 17.9 Å². The molecule has 0 fully saturated rings. The number of pyridine rings is 1. The van der Waals surface area contributed by atoms with Crippen LogP contribution in [0.2, 0.25) is 0 Å². The second-order valence-electron chi connectivity index (χ2n) is 4.67. The molecule has 0 saturated heterocycles. The van der Waals surface area contributed by atoms with E-state index in [9.17, 15) is 10.1 Å². The van der Waals surface area contributed by atoms with Crippen LogP contribution in [0.3, 0.4) is 0 Å². The van der Waals surface area contributed by atoms with Gasteiger partial charge in [-0.05, 0) is 39.3 Å². The molecule has 0 aromatic carbocycles. The van der Waals surface area contributed by atoms with Crippen molar-refractivity contribution in [2.24, 2.45) is 0 Å². The highest BCUT2D eigenvalue weighted by atomic mass is 16.2. The maximum Gasteiger partial charge on any atom is 0.239 e. The van der Waals surface area contributed by atoms with Crippen LogP contribution in [-0.4, -0.2) is 30.0 Å². The van der Waals surface area contributed by atoms with E-state index in [1.807, 2.05) is 32.6 Å². The van der Waals surface area contributed by atoms with E-state index in [-0.39, 0.29) is 18.5 Å². The van der Waals surface area contributed by atoms with Gasteiger partial charge < -0.3 is 10.2 Å². The van der Waals surface area contributed by atoms with Crippen LogP contribution in [0.1, 0.15) is 31.9 Å². The van der Waals surface area contributed by atoms with Gasteiger partial charge in [-0.1, -0.05) is 0 Å². The summed E-state index contributed by atoms with van der Waals surface area (Å²) in [4.78, 5) is 17.9. The summed E-state index contributed by atoms with van der Waals surface area (Å²) >= 11 is 0. The molecule has 0 atom stereocenters. The number of hydrogen-bond donors (Lipinski definition) is 1. The first-order chi connectivity index (χ1) is 8.99. The van der Waals surface area contributed by atoms with Crippen LogP contribution < -0.4 is 10.2 Å². The number of carbonyl (C=O) groups excluding carboxylic acids is 1. The number of likely N-dealkylation sites (N-methyl/N-ethyl adjacent to an activating group) is 1. The fraction of sp³-hybridized carbons (Fsp3) is 0.500. The molecule has 0 aliphatic rings. The molecule has 1 rings (SSSR count). The molecule has 0 aliphatic heterocycles.